The molecule has 1 heterocycles. The van der Waals surface area contributed by atoms with Gasteiger partial charge in [0.1, 0.15) is 10.8 Å². The summed E-state index contributed by atoms with van der Waals surface area (Å²) in [6.07, 6.45) is 0. The number of nitrogens with one attached hydrogen (secondary N) is 1. The fourth-order valence-electron chi connectivity index (χ4n) is 1.03. The van der Waals surface area contributed by atoms with Gasteiger partial charge in [0.15, 0.2) is 0 Å². The lowest BCUT2D eigenvalue weighted by atomic mass is 10.4. The molecular formula is C9H13N3O3S. The molecule has 1 unspecified atom stereocenters. The molecule has 0 amide bonds. The van der Waals surface area contributed by atoms with Gasteiger partial charge in [0.25, 0.3) is 5.69 Å². The summed E-state index contributed by atoms with van der Waals surface area (Å²) in [5.74, 6) is 0.446. The average Bonchev–Trinajstić information content (AvgIpc) is 2.28. The Kier molecular flexibility index (Phi) is 4.51. The SMILES string of the molecule is CNc1cc([N+](=O)[O-])cc(SC(C)CO)n1. The van der Waals surface area contributed by atoms with Crippen molar-refractivity contribution in [1.29, 1.82) is 0 Å². The van der Waals surface area contributed by atoms with Crippen molar-refractivity contribution in [3.8, 4) is 0 Å². The van der Waals surface area contributed by atoms with Crippen LogP contribution in [0.25, 0.3) is 0 Å². The second kappa shape index (κ2) is 5.66. The average molecular weight is 243 g/mol. The molecule has 2 N–H and O–H groups in total. The molecule has 16 heavy (non-hydrogen) atoms. The number of aromatic nitrogens is 1. The Balaban J connectivity index is 2.99. The summed E-state index contributed by atoms with van der Waals surface area (Å²) in [4.78, 5) is 14.4. The van der Waals surface area contributed by atoms with Gasteiger partial charge in [0.05, 0.1) is 17.6 Å². The number of nitro groups is 1. The lowest BCUT2D eigenvalue weighted by Crippen LogP contribution is -2.03. The molecule has 0 spiro atoms. The first-order valence-corrected chi connectivity index (χ1v) is 5.56. The Bertz CT molecular complexity index is 386. The predicted molar refractivity (Wildman–Crippen MR) is 62.8 cm³/mol. The van der Waals surface area contributed by atoms with Crippen molar-refractivity contribution in [3.05, 3.63) is 22.2 Å². The predicted octanol–water partition coefficient (Wildman–Crippen LogP) is 1.50. The highest BCUT2D eigenvalue weighted by atomic mass is 32.2. The maximum absolute atomic E-state index is 10.7. The van der Waals surface area contributed by atoms with E-state index < -0.39 is 4.92 Å². The van der Waals surface area contributed by atoms with Crippen molar-refractivity contribution >= 4 is 23.3 Å². The van der Waals surface area contributed by atoms with Gasteiger partial charge in [0.2, 0.25) is 0 Å². The summed E-state index contributed by atoms with van der Waals surface area (Å²) < 4.78 is 0. The summed E-state index contributed by atoms with van der Waals surface area (Å²) >= 11 is 1.30. The molecule has 0 aliphatic heterocycles. The van der Waals surface area contributed by atoms with E-state index in [1.165, 1.54) is 23.9 Å². The van der Waals surface area contributed by atoms with Crippen LogP contribution in [0.4, 0.5) is 11.5 Å². The minimum atomic E-state index is -0.462. The summed E-state index contributed by atoms with van der Waals surface area (Å²) in [5.41, 5.74) is -0.00742. The smallest absolute Gasteiger partial charge is 0.275 e. The minimum Gasteiger partial charge on any atom is -0.395 e. The molecule has 1 aromatic rings. The fourth-order valence-corrected chi connectivity index (χ4v) is 1.86. The molecule has 0 saturated carbocycles. The third-order valence-electron chi connectivity index (χ3n) is 1.83. The van der Waals surface area contributed by atoms with Gasteiger partial charge in [-0.3, -0.25) is 10.1 Å². The van der Waals surface area contributed by atoms with E-state index in [2.05, 4.69) is 10.3 Å². The molecule has 7 heteroatoms. The lowest BCUT2D eigenvalue weighted by molar-refractivity contribution is -0.385. The fraction of sp³-hybridized carbons (Fsp3) is 0.444. The molecular weight excluding hydrogens is 230 g/mol. The van der Waals surface area contributed by atoms with Crippen LogP contribution in [0.2, 0.25) is 0 Å². The zero-order valence-electron chi connectivity index (χ0n) is 9.01. The van der Waals surface area contributed by atoms with Gasteiger partial charge in [-0.25, -0.2) is 4.98 Å². The summed E-state index contributed by atoms with van der Waals surface area (Å²) in [6.45, 7) is 1.83. The highest BCUT2D eigenvalue weighted by Crippen LogP contribution is 2.26. The van der Waals surface area contributed by atoms with Gasteiger partial charge >= 0.3 is 0 Å². The number of hydrogen-bond donors (Lipinski definition) is 2. The van der Waals surface area contributed by atoms with Crippen molar-refractivity contribution in [1.82, 2.24) is 4.98 Å². The lowest BCUT2D eigenvalue weighted by Gasteiger charge is -2.08. The molecule has 0 bridgehead atoms. The Labute approximate surface area is 97.2 Å². The Morgan fingerprint density at radius 1 is 1.69 bits per heavy atom. The molecule has 0 aliphatic carbocycles. The van der Waals surface area contributed by atoms with Crippen LogP contribution in [-0.2, 0) is 0 Å². The van der Waals surface area contributed by atoms with E-state index in [-0.39, 0.29) is 17.5 Å². The third kappa shape index (κ3) is 3.35. The first kappa shape index (κ1) is 12.7. The number of hydrogen-bond acceptors (Lipinski definition) is 6. The van der Waals surface area contributed by atoms with Gasteiger partial charge in [-0.05, 0) is 0 Å². The number of aliphatic hydroxyl groups excluding tert-OH is 1. The van der Waals surface area contributed by atoms with E-state index in [1.807, 2.05) is 6.92 Å². The van der Waals surface area contributed by atoms with Crippen LogP contribution in [0.15, 0.2) is 17.2 Å². The monoisotopic (exact) mass is 243 g/mol. The van der Waals surface area contributed by atoms with Crippen molar-refractivity contribution in [2.75, 3.05) is 19.0 Å². The highest BCUT2D eigenvalue weighted by molar-refractivity contribution is 7.99. The summed E-state index contributed by atoms with van der Waals surface area (Å²) in [5, 5.41) is 22.8. The molecule has 1 atom stereocenters. The Morgan fingerprint density at radius 2 is 2.38 bits per heavy atom. The number of anilines is 1. The zero-order chi connectivity index (χ0) is 12.1. The van der Waals surface area contributed by atoms with E-state index in [1.54, 1.807) is 7.05 Å². The van der Waals surface area contributed by atoms with E-state index in [0.29, 0.717) is 10.8 Å². The van der Waals surface area contributed by atoms with Crippen molar-refractivity contribution in [2.45, 2.75) is 17.2 Å². The van der Waals surface area contributed by atoms with E-state index in [0.717, 1.165) is 0 Å². The van der Waals surface area contributed by atoms with Gasteiger partial charge in [-0.2, -0.15) is 0 Å². The number of aliphatic hydroxyl groups is 1. The molecule has 1 aromatic heterocycles. The Morgan fingerprint density at radius 3 is 2.88 bits per heavy atom. The third-order valence-corrected chi connectivity index (χ3v) is 2.83. The van der Waals surface area contributed by atoms with Crippen LogP contribution in [0.1, 0.15) is 6.92 Å². The van der Waals surface area contributed by atoms with Crippen LogP contribution >= 0.6 is 11.8 Å². The number of rotatable bonds is 5. The zero-order valence-corrected chi connectivity index (χ0v) is 9.82. The number of pyridine rings is 1. The van der Waals surface area contributed by atoms with Crippen LogP contribution < -0.4 is 5.32 Å². The molecule has 0 fully saturated rings. The largest absolute Gasteiger partial charge is 0.395 e. The van der Waals surface area contributed by atoms with Crippen molar-refractivity contribution < 1.29 is 10.0 Å². The minimum absolute atomic E-state index is 0.00389. The van der Waals surface area contributed by atoms with Gasteiger partial charge in [0, 0.05) is 18.4 Å². The highest BCUT2D eigenvalue weighted by Gasteiger charge is 2.12. The standard InChI is InChI=1S/C9H13N3O3S/c1-6(5-13)16-9-4-7(12(14)15)3-8(10-2)11-9/h3-4,6,13H,5H2,1-2H3,(H,10,11). The number of thioether (sulfide) groups is 1. The van der Waals surface area contributed by atoms with Crippen LogP contribution in [0.3, 0.4) is 0 Å². The molecule has 0 aromatic carbocycles. The first-order chi connectivity index (χ1) is 7.56. The van der Waals surface area contributed by atoms with Crippen LogP contribution in [-0.4, -0.2) is 33.9 Å². The summed E-state index contributed by atoms with van der Waals surface area (Å²) in [6, 6.07) is 2.77. The molecule has 0 radical (unpaired) electrons. The molecule has 1 rings (SSSR count). The van der Waals surface area contributed by atoms with Gasteiger partial charge in [-0.1, -0.05) is 6.92 Å². The van der Waals surface area contributed by atoms with Gasteiger partial charge in [-0.15, -0.1) is 11.8 Å². The van der Waals surface area contributed by atoms with E-state index in [4.69, 9.17) is 5.11 Å². The molecule has 0 aliphatic rings. The van der Waals surface area contributed by atoms with Crippen molar-refractivity contribution in [3.63, 3.8) is 0 Å². The van der Waals surface area contributed by atoms with E-state index >= 15 is 0 Å². The van der Waals surface area contributed by atoms with E-state index in [9.17, 15) is 10.1 Å². The van der Waals surface area contributed by atoms with Crippen LogP contribution in [0, 0.1) is 10.1 Å². The van der Waals surface area contributed by atoms with Crippen molar-refractivity contribution in [2.24, 2.45) is 0 Å². The molecule has 0 saturated heterocycles. The van der Waals surface area contributed by atoms with Crippen LogP contribution in [0.5, 0.6) is 0 Å². The Hall–Kier alpha value is -1.34. The molecule has 6 nitrogen and oxygen atoms in total. The maximum Gasteiger partial charge on any atom is 0.275 e. The topological polar surface area (TPSA) is 88.3 Å². The first-order valence-electron chi connectivity index (χ1n) is 4.68. The normalized spacial score (nSPS) is 12.2. The second-order valence-electron chi connectivity index (χ2n) is 3.17. The second-order valence-corrected chi connectivity index (χ2v) is 4.63. The summed E-state index contributed by atoms with van der Waals surface area (Å²) in [7, 11) is 1.65. The quantitative estimate of drug-likeness (QED) is 0.463. The maximum atomic E-state index is 10.7. The van der Waals surface area contributed by atoms with Gasteiger partial charge < -0.3 is 10.4 Å². The number of nitrogens with zero attached hydrogens (tertiary/aromatic N) is 2. The molecule has 88 valence electrons.